The zero-order valence-electron chi connectivity index (χ0n) is 8.55. The summed E-state index contributed by atoms with van der Waals surface area (Å²) in [5, 5.41) is 0.715. The first-order valence-electron chi connectivity index (χ1n) is 4.44. The van der Waals surface area contributed by atoms with Crippen molar-refractivity contribution in [3.63, 3.8) is 0 Å². The molecule has 0 aliphatic rings. The molecule has 0 radical (unpaired) electrons. The lowest BCUT2D eigenvalue weighted by molar-refractivity contribution is -0.137. The molecule has 0 saturated carbocycles. The van der Waals surface area contributed by atoms with E-state index >= 15 is 0 Å². The summed E-state index contributed by atoms with van der Waals surface area (Å²) in [7, 11) is 1.34. The maximum Gasteiger partial charge on any atom is 0.416 e. The van der Waals surface area contributed by atoms with Crippen molar-refractivity contribution in [3.8, 4) is 5.75 Å². The summed E-state index contributed by atoms with van der Waals surface area (Å²) >= 11 is 1.22. The monoisotopic (exact) mass is 247 g/mol. The van der Waals surface area contributed by atoms with E-state index in [0.717, 1.165) is 12.1 Å². The third-order valence-electron chi connectivity index (χ3n) is 2.11. The van der Waals surface area contributed by atoms with Crippen LogP contribution in [0.2, 0.25) is 0 Å². The number of ether oxygens (including phenoxy) is 1. The number of methoxy groups -OCH3 is 1. The number of alkyl halides is 3. The fraction of sp³-hybridized carbons (Fsp3) is 0.300. The number of hydrogen-bond acceptors (Lipinski definition) is 3. The van der Waals surface area contributed by atoms with E-state index in [2.05, 4.69) is 4.98 Å². The molecule has 6 heteroatoms. The first kappa shape index (κ1) is 11.2. The largest absolute Gasteiger partial charge is 0.494 e. The molecule has 1 aromatic carbocycles. The molecule has 1 aromatic heterocycles. The van der Waals surface area contributed by atoms with Crippen LogP contribution in [0.4, 0.5) is 13.2 Å². The Morgan fingerprint density at radius 3 is 2.56 bits per heavy atom. The van der Waals surface area contributed by atoms with Crippen LogP contribution < -0.4 is 4.74 Å². The van der Waals surface area contributed by atoms with E-state index in [-0.39, 0.29) is 5.75 Å². The lowest BCUT2D eigenvalue weighted by atomic mass is 10.2. The molecule has 86 valence electrons. The Bertz CT molecular complexity index is 533. The molecule has 0 saturated heterocycles. The van der Waals surface area contributed by atoms with Gasteiger partial charge in [0.05, 0.1) is 22.4 Å². The molecule has 0 atom stereocenters. The number of thiazole rings is 1. The van der Waals surface area contributed by atoms with Crippen LogP contribution in [0, 0.1) is 6.92 Å². The van der Waals surface area contributed by atoms with Crippen molar-refractivity contribution in [2.75, 3.05) is 7.11 Å². The van der Waals surface area contributed by atoms with Crippen LogP contribution >= 0.6 is 11.3 Å². The second-order valence-corrected chi connectivity index (χ2v) is 4.49. The Labute approximate surface area is 93.7 Å². The number of fused-ring (bicyclic) bond motifs is 1. The van der Waals surface area contributed by atoms with Gasteiger partial charge in [0.15, 0.2) is 0 Å². The molecular weight excluding hydrogens is 239 g/mol. The second kappa shape index (κ2) is 3.62. The third-order valence-corrected chi connectivity index (χ3v) is 3.03. The van der Waals surface area contributed by atoms with Crippen LogP contribution in [0.15, 0.2) is 12.1 Å². The van der Waals surface area contributed by atoms with E-state index < -0.39 is 11.7 Å². The second-order valence-electron chi connectivity index (χ2n) is 3.26. The highest BCUT2D eigenvalue weighted by atomic mass is 32.1. The maximum atomic E-state index is 12.6. The van der Waals surface area contributed by atoms with Crippen molar-refractivity contribution in [3.05, 3.63) is 22.7 Å². The van der Waals surface area contributed by atoms with Crippen LogP contribution in [-0.2, 0) is 6.18 Å². The number of nitrogens with zero attached hydrogens (tertiary/aromatic N) is 1. The SMILES string of the molecule is COc1cc(C(F)(F)F)cc2sc(C)nc12. The van der Waals surface area contributed by atoms with E-state index in [0.29, 0.717) is 15.2 Å². The predicted molar refractivity (Wildman–Crippen MR) is 55.9 cm³/mol. The summed E-state index contributed by atoms with van der Waals surface area (Å²) in [4.78, 5) is 4.13. The van der Waals surface area contributed by atoms with Crippen molar-refractivity contribution in [1.82, 2.24) is 4.98 Å². The molecule has 2 nitrogen and oxygen atoms in total. The quantitative estimate of drug-likeness (QED) is 0.767. The summed E-state index contributed by atoms with van der Waals surface area (Å²) in [6, 6.07) is 2.07. The van der Waals surface area contributed by atoms with Crippen LogP contribution in [0.3, 0.4) is 0 Å². The Morgan fingerprint density at radius 1 is 1.31 bits per heavy atom. The summed E-state index contributed by atoms with van der Waals surface area (Å²) in [5.74, 6) is 0.161. The van der Waals surface area contributed by atoms with Gasteiger partial charge in [-0.15, -0.1) is 11.3 Å². The Balaban J connectivity index is 2.72. The van der Waals surface area contributed by atoms with E-state index in [1.165, 1.54) is 18.4 Å². The van der Waals surface area contributed by atoms with Gasteiger partial charge in [0.1, 0.15) is 11.3 Å². The van der Waals surface area contributed by atoms with Crippen LogP contribution in [0.1, 0.15) is 10.6 Å². The molecule has 0 aliphatic carbocycles. The molecule has 0 fully saturated rings. The topological polar surface area (TPSA) is 22.1 Å². The highest BCUT2D eigenvalue weighted by Crippen LogP contribution is 2.37. The van der Waals surface area contributed by atoms with Gasteiger partial charge in [0.2, 0.25) is 0 Å². The minimum absolute atomic E-state index is 0.161. The average molecular weight is 247 g/mol. The Hall–Kier alpha value is -1.30. The standard InChI is InChI=1S/C10H8F3NOS/c1-5-14-9-7(15-2)3-6(10(11,12)13)4-8(9)16-5/h3-4H,1-2H3. The first-order chi connectivity index (χ1) is 7.41. The van der Waals surface area contributed by atoms with Crippen LogP contribution in [0.5, 0.6) is 5.75 Å². The Kier molecular flexibility index (Phi) is 2.53. The van der Waals surface area contributed by atoms with Gasteiger partial charge in [-0.1, -0.05) is 0 Å². The highest BCUT2D eigenvalue weighted by Gasteiger charge is 2.32. The molecule has 1 heterocycles. The first-order valence-corrected chi connectivity index (χ1v) is 5.26. The third kappa shape index (κ3) is 1.84. The summed E-state index contributed by atoms with van der Waals surface area (Å²) in [5.41, 5.74) is -0.224. The normalized spacial score (nSPS) is 12.1. The van der Waals surface area contributed by atoms with Crippen molar-refractivity contribution >= 4 is 21.6 Å². The zero-order chi connectivity index (χ0) is 11.9. The minimum atomic E-state index is -4.36. The van der Waals surface area contributed by atoms with Gasteiger partial charge in [-0.25, -0.2) is 4.98 Å². The number of halogens is 3. The fourth-order valence-corrected chi connectivity index (χ4v) is 2.31. The fourth-order valence-electron chi connectivity index (χ4n) is 1.43. The number of hydrogen-bond donors (Lipinski definition) is 0. The van der Waals surface area contributed by atoms with E-state index in [4.69, 9.17) is 4.74 Å². The number of benzene rings is 1. The Morgan fingerprint density at radius 2 is 2.00 bits per heavy atom. The lowest BCUT2D eigenvalue weighted by Gasteiger charge is -2.08. The summed E-state index contributed by atoms with van der Waals surface area (Å²) < 4.78 is 43.1. The van der Waals surface area contributed by atoms with E-state index in [1.807, 2.05) is 0 Å². The lowest BCUT2D eigenvalue weighted by Crippen LogP contribution is -2.04. The molecule has 0 bridgehead atoms. The van der Waals surface area contributed by atoms with Crippen molar-refractivity contribution < 1.29 is 17.9 Å². The van der Waals surface area contributed by atoms with Crippen molar-refractivity contribution in [2.45, 2.75) is 13.1 Å². The number of aromatic nitrogens is 1. The molecule has 16 heavy (non-hydrogen) atoms. The van der Waals surface area contributed by atoms with Gasteiger partial charge in [-0.2, -0.15) is 13.2 Å². The molecule has 0 spiro atoms. The molecule has 0 unspecified atom stereocenters. The predicted octanol–water partition coefficient (Wildman–Crippen LogP) is 3.63. The number of rotatable bonds is 1. The van der Waals surface area contributed by atoms with Crippen molar-refractivity contribution in [1.29, 1.82) is 0 Å². The average Bonchev–Trinajstić information content (AvgIpc) is 2.54. The molecule has 0 aliphatic heterocycles. The van der Waals surface area contributed by atoms with Gasteiger partial charge in [0.25, 0.3) is 0 Å². The van der Waals surface area contributed by atoms with Crippen LogP contribution in [-0.4, -0.2) is 12.1 Å². The summed E-state index contributed by atoms with van der Waals surface area (Å²) in [6.45, 7) is 1.75. The van der Waals surface area contributed by atoms with E-state index in [1.54, 1.807) is 6.92 Å². The number of aryl methyl sites for hydroxylation is 1. The molecule has 2 rings (SSSR count). The molecule has 0 amide bonds. The van der Waals surface area contributed by atoms with Crippen LogP contribution in [0.25, 0.3) is 10.2 Å². The smallest absolute Gasteiger partial charge is 0.416 e. The van der Waals surface area contributed by atoms with Gasteiger partial charge in [-0.05, 0) is 19.1 Å². The van der Waals surface area contributed by atoms with Gasteiger partial charge < -0.3 is 4.74 Å². The maximum absolute atomic E-state index is 12.6. The minimum Gasteiger partial charge on any atom is -0.494 e. The van der Waals surface area contributed by atoms with Gasteiger partial charge in [0, 0.05) is 0 Å². The molecule has 2 aromatic rings. The van der Waals surface area contributed by atoms with Gasteiger partial charge in [-0.3, -0.25) is 0 Å². The van der Waals surface area contributed by atoms with Gasteiger partial charge >= 0.3 is 6.18 Å². The van der Waals surface area contributed by atoms with E-state index in [9.17, 15) is 13.2 Å². The highest BCUT2D eigenvalue weighted by molar-refractivity contribution is 7.18. The molecule has 0 N–H and O–H groups in total. The zero-order valence-corrected chi connectivity index (χ0v) is 9.37. The summed E-state index contributed by atoms with van der Waals surface area (Å²) in [6.07, 6.45) is -4.36. The molecular formula is C10H8F3NOS. The van der Waals surface area contributed by atoms with Crippen molar-refractivity contribution in [2.24, 2.45) is 0 Å².